The minimum absolute atomic E-state index is 0. The van der Waals surface area contributed by atoms with Crippen molar-refractivity contribution in [2.75, 3.05) is 32.5 Å². The molecule has 0 heterocycles. The summed E-state index contributed by atoms with van der Waals surface area (Å²) in [4.78, 5) is 26.3. The average molecular weight is 380 g/mol. The van der Waals surface area contributed by atoms with Crippen LogP contribution >= 0.6 is 12.4 Å². The molecule has 0 spiro atoms. The number of amides is 2. The fraction of sp³-hybridized carbons (Fsp3) is 0.263. The molecule has 2 rings (SSSR count). The molecular weight excluding hydrogens is 357 g/mol. The van der Waals surface area contributed by atoms with Gasteiger partial charge in [0.2, 0.25) is 0 Å². The maximum Gasteiger partial charge on any atom is 0.258 e. The largest absolute Gasteiger partial charge is 0.340 e. The Labute approximate surface area is 159 Å². The van der Waals surface area contributed by atoms with Gasteiger partial charge in [0.25, 0.3) is 11.8 Å². The van der Waals surface area contributed by atoms with Crippen LogP contribution in [0.15, 0.2) is 42.5 Å². The fourth-order valence-electron chi connectivity index (χ4n) is 2.33. The third-order valence-corrected chi connectivity index (χ3v) is 3.90. The number of rotatable bonds is 6. The topological polar surface area (TPSA) is 61.4 Å². The Bertz CT molecular complexity index is 783. The van der Waals surface area contributed by atoms with Crippen LogP contribution in [0, 0.1) is 12.7 Å². The summed E-state index contributed by atoms with van der Waals surface area (Å²) in [6.45, 7) is 3.07. The first-order valence-electron chi connectivity index (χ1n) is 8.00. The Morgan fingerprint density at radius 3 is 2.50 bits per heavy atom. The summed E-state index contributed by atoms with van der Waals surface area (Å²) in [6.07, 6.45) is 0. The van der Waals surface area contributed by atoms with Gasteiger partial charge < -0.3 is 15.5 Å². The van der Waals surface area contributed by atoms with E-state index in [2.05, 4.69) is 10.6 Å². The van der Waals surface area contributed by atoms with Crippen molar-refractivity contribution < 1.29 is 14.0 Å². The summed E-state index contributed by atoms with van der Waals surface area (Å²) in [6, 6.07) is 10.9. The van der Waals surface area contributed by atoms with E-state index in [-0.39, 0.29) is 23.9 Å². The molecule has 0 bridgehead atoms. The van der Waals surface area contributed by atoms with Crippen LogP contribution in [0.1, 0.15) is 26.3 Å². The van der Waals surface area contributed by atoms with E-state index in [0.29, 0.717) is 24.3 Å². The van der Waals surface area contributed by atoms with Crippen LogP contribution in [0.2, 0.25) is 0 Å². The van der Waals surface area contributed by atoms with E-state index in [9.17, 15) is 14.0 Å². The number of halogens is 2. The maximum atomic E-state index is 13.7. The highest BCUT2D eigenvalue weighted by Gasteiger charge is 2.15. The lowest BCUT2D eigenvalue weighted by Gasteiger charge is -2.18. The van der Waals surface area contributed by atoms with Crippen LogP contribution in [-0.2, 0) is 0 Å². The first kappa shape index (κ1) is 21.6. The van der Waals surface area contributed by atoms with Crippen molar-refractivity contribution in [1.29, 1.82) is 0 Å². The van der Waals surface area contributed by atoms with Gasteiger partial charge in [0.05, 0.1) is 5.56 Å². The Hall–Kier alpha value is -2.44. The molecule has 7 heteroatoms. The van der Waals surface area contributed by atoms with Crippen molar-refractivity contribution in [3.63, 3.8) is 0 Å². The van der Waals surface area contributed by atoms with Gasteiger partial charge in [-0.1, -0.05) is 18.2 Å². The van der Waals surface area contributed by atoms with Gasteiger partial charge in [0.1, 0.15) is 5.82 Å². The summed E-state index contributed by atoms with van der Waals surface area (Å²) in [5, 5.41) is 5.67. The molecule has 0 saturated carbocycles. The molecule has 0 atom stereocenters. The van der Waals surface area contributed by atoms with Crippen molar-refractivity contribution >= 4 is 29.9 Å². The quantitative estimate of drug-likeness (QED) is 0.810. The van der Waals surface area contributed by atoms with E-state index < -0.39 is 11.7 Å². The molecule has 2 N–H and O–H groups in total. The van der Waals surface area contributed by atoms with Crippen molar-refractivity contribution in [3.05, 3.63) is 65.0 Å². The number of hydrogen-bond donors (Lipinski definition) is 2. The van der Waals surface area contributed by atoms with Crippen LogP contribution in [0.4, 0.5) is 10.1 Å². The SMILES string of the molecule is CNCCN(C)C(=O)c1ccc(C)c(NC(=O)c2ccccc2F)c1.Cl. The average Bonchev–Trinajstić information content (AvgIpc) is 2.61. The van der Waals surface area contributed by atoms with Gasteiger partial charge in [0, 0.05) is 31.4 Å². The third-order valence-electron chi connectivity index (χ3n) is 3.90. The van der Waals surface area contributed by atoms with E-state index >= 15 is 0 Å². The number of benzene rings is 2. The molecule has 5 nitrogen and oxygen atoms in total. The number of nitrogens with one attached hydrogen (secondary N) is 2. The second-order valence-corrected chi connectivity index (χ2v) is 5.79. The van der Waals surface area contributed by atoms with Gasteiger partial charge in [-0.2, -0.15) is 0 Å². The monoisotopic (exact) mass is 379 g/mol. The lowest BCUT2D eigenvalue weighted by molar-refractivity contribution is 0.0796. The molecule has 0 unspecified atom stereocenters. The molecular formula is C19H23ClFN3O2. The highest BCUT2D eigenvalue weighted by atomic mass is 35.5. The van der Waals surface area contributed by atoms with Crippen molar-refractivity contribution in [3.8, 4) is 0 Å². The number of carbonyl (C=O) groups excluding carboxylic acids is 2. The third kappa shape index (κ3) is 5.28. The highest BCUT2D eigenvalue weighted by molar-refractivity contribution is 6.05. The number of anilines is 1. The van der Waals surface area contributed by atoms with Gasteiger partial charge >= 0.3 is 0 Å². The Morgan fingerprint density at radius 2 is 1.85 bits per heavy atom. The molecule has 0 aliphatic rings. The first-order valence-corrected chi connectivity index (χ1v) is 8.00. The van der Waals surface area contributed by atoms with Gasteiger partial charge in [-0.05, 0) is 43.8 Å². The lowest BCUT2D eigenvalue weighted by Crippen LogP contribution is -2.32. The van der Waals surface area contributed by atoms with Gasteiger partial charge in [-0.3, -0.25) is 9.59 Å². The number of aryl methyl sites for hydroxylation is 1. The van der Waals surface area contributed by atoms with Crippen molar-refractivity contribution in [2.45, 2.75) is 6.92 Å². The van der Waals surface area contributed by atoms with Crippen molar-refractivity contribution in [2.24, 2.45) is 0 Å². The Kier molecular flexibility index (Phi) is 8.22. The first-order chi connectivity index (χ1) is 11.9. The summed E-state index contributed by atoms with van der Waals surface area (Å²) in [5.41, 5.74) is 1.71. The minimum Gasteiger partial charge on any atom is -0.340 e. The van der Waals surface area contributed by atoms with Crippen LogP contribution in [0.5, 0.6) is 0 Å². The van der Waals surface area contributed by atoms with Gasteiger partial charge in [0.15, 0.2) is 0 Å². The van der Waals surface area contributed by atoms with Gasteiger partial charge in [-0.25, -0.2) is 4.39 Å². The van der Waals surface area contributed by atoms with E-state index in [1.54, 1.807) is 36.2 Å². The Balaban J connectivity index is 0.00000338. The standard InChI is InChI=1S/C19H22FN3O2.ClH/c1-13-8-9-14(19(25)23(3)11-10-21-2)12-17(13)22-18(24)15-6-4-5-7-16(15)20;/h4-9,12,21H,10-11H2,1-3H3,(H,22,24);1H. The molecule has 26 heavy (non-hydrogen) atoms. The number of nitrogens with zero attached hydrogens (tertiary/aromatic N) is 1. The molecule has 0 aliphatic carbocycles. The molecule has 140 valence electrons. The second-order valence-electron chi connectivity index (χ2n) is 5.79. The van der Waals surface area contributed by atoms with E-state index in [1.807, 2.05) is 14.0 Å². The zero-order chi connectivity index (χ0) is 18.4. The molecule has 0 radical (unpaired) electrons. The van der Waals surface area contributed by atoms with Crippen LogP contribution in [-0.4, -0.2) is 43.9 Å². The summed E-state index contributed by atoms with van der Waals surface area (Å²) in [5.74, 6) is -1.28. The predicted octanol–water partition coefficient (Wildman–Crippen LogP) is 3.10. The minimum atomic E-state index is -0.586. The molecule has 0 saturated heterocycles. The van der Waals surface area contributed by atoms with Gasteiger partial charge in [-0.15, -0.1) is 12.4 Å². The fourth-order valence-corrected chi connectivity index (χ4v) is 2.33. The normalized spacial score (nSPS) is 10.0. The molecule has 2 aromatic carbocycles. The summed E-state index contributed by atoms with van der Waals surface area (Å²) < 4.78 is 13.7. The highest BCUT2D eigenvalue weighted by Crippen LogP contribution is 2.19. The number of carbonyl (C=O) groups is 2. The van der Waals surface area contributed by atoms with Crippen LogP contribution in [0.25, 0.3) is 0 Å². The van der Waals surface area contributed by atoms with E-state index in [0.717, 1.165) is 5.56 Å². The Morgan fingerprint density at radius 1 is 1.15 bits per heavy atom. The zero-order valence-electron chi connectivity index (χ0n) is 15.0. The second kappa shape index (κ2) is 9.89. The molecule has 0 fully saturated rings. The predicted molar refractivity (Wildman–Crippen MR) is 104 cm³/mol. The molecule has 0 aliphatic heterocycles. The summed E-state index contributed by atoms with van der Waals surface area (Å²) in [7, 11) is 3.54. The smallest absolute Gasteiger partial charge is 0.258 e. The molecule has 2 amide bonds. The van der Waals surface area contributed by atoms with E-state index in [1.165, 1.54) is 18.2 Å². The van der Waals surface area contributed by atoms with Crippen LogP contribution in [0.3, 0.4) is 0 Å². The van der Waals surface area contributed by atoms with E-state index in [4.69, 9.17) is 0 Å². The number of hydrogen-bond acceptors (Lipinski definition) is 3. The van der Waals surface area contributed by atoms with Crippen LogP contribution < -0.4 is 10.6 Å². The lowest BCUT2D eigenvalue weighted by atomic mass is 10.1. The molecule has 2 aromatic rings. The zero-order valence-corrected chi connectivity index (χ0v) is 15.8. The maximum absolute atomic E-state index is 13.7. The molecule has 0 aromatic heterocycles. The summed E-state index contributed by atoms with van der Waals surface area (Å²) >= 11 is 0. The number of likely N-dealkylation sites (N-methyl/N-ethyl adjacent to an activating group) is 2. The van der Waals surface area contributed by atoms with Crippen molar-refractivity contribution in [1.82, 2.24) is 10.2 Å².